The summed E-state index contributed by atoms with van der Waals surface area (Å²) in [4.78, 5) is 25.1. The molecule has 0 heterocycles. The van der Waals surface area contributed by atoms with Gasteiger partial charge in [-0.15, -0.1) is 0 Å². The van der Waals surface area contributed by atoms with Crippen molar-refractivity contribution in [2.24, 2.45) is 0 Å². The highest BCUT2D eigenvalue weighted by Crippen LogP contribution is 2.37. The van der Waals surface area contributed by atoms with Crippen molar-refractivity contribution in [1.29, 1.82) is 0 Å². The number of hydrogen-bond donors (Lipinski definition) is 0. The predicted octanol–water partition coefficient (Wildman–Crippen LogP) is 5.67. The van der Waals surface area contributed by atoms with E-state index in [0.29, 0.717) is 17.7 Å². The van der Waals surface area contributed by atoms with E-state index in [4.69, 9.17) is 4.43 Å². The highest BCUT2D eigenvalue weighted by Gasteiger charge is 2.37. The maximum Gasteiger partial charge on any atom is 0.197 e. The van der Waals surface area contributed by atoms with Crippen molar-refractivity contribution in [1.82, 2.24) is 0 Å². The van der Waals surface area contributed by atoms with Gasteiger partial charge in [0.1, 0.15) is 0 Å². The van der Waals surface area contributed by atoms with E-state index in [-0.39, 0.29) is 22.2 Å². The van der Waals surface area contributed by atoms with E-state index >= 15 is 0 Å². The zero-order valence-corrected chi connectivity index (χ0v) is 17.6. The summed E-state index contributed by atoms with van der Waals surface area (Å²) in [6.07, 6.45) is 1.69. The average molecular weight is 379 g/mol. The van der Waals surface area contributed by atoms with Gasteiger partial charge in [0.05, 0.1) is 12.2 Å². The summed E-state index contributed by atoms with van der Waals surface area (Å²) in [5.74, 6) is -0.392. The van der Waals surface area contributed by atoms with Gasteiger partial charge in [0.15, 0.2) is 19.9 Å². The van der Waals surface area contributed by atoms with Crippen molar-refractivity contribution in [2.75, 3.05) is 0 Å². The van der Waals surface area contributed by atoms with Gasteiger partial charge in [0.2, 0.25) is 0 Å². The lowest BCUT2D eigenvalue weighted by Gasteiger charge is -2.36. The molecule has 4 heteroatoms. The molecule has 0 saturated carbocycles. The van der Waals surface area contributed by atoms with Crippen LogP contribution in [-0.2, 0) is 11.0 Å². The highest BCUT2D eigenvalue weighted by atomic mass is 28.4. The Hall–Kier alpha value is -2.30. The standard InChI is InChI=1S/C23H26O3Si/c1-23(2,3)27(4,5)26-15-17-10-8-9-16(13-17)14-20-21(24)18-11-6-7-12-19(18)22(20)25/h6-14H,15H2,1-5H3. The number of carbonyl (C=O) groups excluding carboxylic acids is 2. The Morgan fingerprint density at radius 2 is 1.52 bits per heavy atom. The molecule has 0 aromatic heterocycles. The third-order valence-corrected chi connectivity index (χ3v) is 10.1. The molecule has 0 atom stereocenters. The smallest absolute Gasteiger partial charge is 0.197 e. The third-order valence-electron chi connectivity index (χ3n) is 5.57. The molecule has 3 nitrogen and oxygen atoms in total. The Bertz CT molecular complexity index is 896. The monoisotopic (exact) mass is 378 g/mol. The topological polar surface area (TPSA) is 43.4 Å². The second-order valence-corrected chi connectivity index (χ2v) is 13.4. The molecule has 0 spiro atoms. The fourth-order valence-corrected chi connectivity index (χ4v) is 3.78. The van der Waals surface area contributed by atoms with Crippen LogP contribution < -0.4 is 0 Å². The molecule has 140 valence electrons. The molecule has 27 heavy (non-hydrogen) atoms. The molecule has 0 radical (unpaired) electrons. The van der Waals surface area contributed by atoms with E-state index in [0.717, 1.165) is 11.1 Å². The summed E-state index contributed by atoms with van der Waals surface area (Å²) in [5, 5.41) is 0.154. The van der Waals surface area contributed by atoms with Crippen LogP contribution in [0.25, 0.3) is 6.08 Å². The van der Waals surface area contributed by atoms with Crippen molar-refractivity contribution in [2.45, 2.75) is 45.5 Å². The minimum atomic E-state index is -1.83. The second kappa shape index (κ2) is 7.02. The van der Waals surface area contributed by atoms with Crippen LogP contribution in [0.15, 0.2) is 54.1 Å². The van der Waals surface area contributed by atoms with Crippen molar-refractivity contribution < 1.29 is 14.0 Å². The van der Waals surface area contributed by atoms with Crippen LogP contribution in [0.4, 0.5) is 0 Å². The van der Waals surface area contributed by atoms with Gasteiger partial charge >= 0.3 is 0 Å². The molecular weight excluding hydrogens is 352 g/mol. The SMILES string of the molecule is CC(C)(C)[Si](C)(C)OCc1cccc(C=C2C(=O)c3ccccc3C2=O)c1. The number of Topliss-reactive ketones (excluding diaryl/α,β-unsaturated/α-hetero) is 2. The first-order valence-electron chi connectivity index (χ1n) is 9.23. The third kappa shape index (κ3) is 3.87. The van der Waals surface area contributed by atoms with Crippen LogP contribution in [0.5, 0.6) is 0 Å². The van der Waals surface area contributed by atoms with Gasteiger partial charge in [-0.2, -0.15) is 0 Å². The fourth-order valence-electron chi connectivity index (χ4n) is 2.82. The fraction of sp³-hybridized carbons (Fsp3) is 0.304. The summed E-state index contributed by atoms with van der Waals surface area (Å²) in [6.45, 7) is 11.6. The summed E-state index contributed by atoms with van der Waals surface area (Å²) in [5.41, 5.74) is 3.11. The second-order valence-electron chi connectivity index (χ2n) is 8.56. The van der Waals surface area contributed by atoms with Crippen LogP contribution in [0, 0.1) is 0 Å². The van der Waals surface area contributed by atoms with Crippen LogP contribution in [0.2, 0.25) is 18.1 Å². The Kier molecular flexibility index (Phi) is 5.06. The molecule has 0 bridgehead atoms. The quantitative estimate of drug-likeness (QED) is 0.391. The van der Waals surface area contributed by atoms with Crippen molar-refractivity contribution >= 4 is 26.0 Å². The maximum absolute atomic E-state index is 12.6. The Morgan fingerprint density at radius 1 is 0.926 bits per heavy atom. The summed E-state index contributed by atoms with van der Waals surface area (Å²) >= 11 is 0. The van der Waals surface area contributed by atoms with E-state index in [2.05, 4.69) is 33.9 Å². The number of allylic oxidation sites excluding steroid dienone is 1. The molecule has 0 unspecified atom stereocenters. The van der Waals surface area contributed by atoms with Crippen LogP contribution in [0.3, 0.4) is 0 Å². The molecule has 0 N–H and O–H groups in total. The van der Waals surface area contributed by atoms with E-state index < -0.39 is 8.32 Å². The Morgan fingerprint density at radius 3 is 2.07 bits per heavy atom. The minimum absolute atomic E-state index is 0.154. The van der Waals surface area contributed by atoms with E-state index in [9.17, 15) is 9.59 Å². The molecule has 0 aliphatic heterocycles. The van der Waals surface area contributed by atoms with Crippen molar-refractivity contribution in [3.8, 4) is 0 Å². The van der Waals surface area contributed by atoms with Crippen molar-refractivity contribution in [3.63, 3.8) is 0 Å². The van der Waals surface area contributed by atoms with Gasteiger partial charge < -0.3 is 4.43 Å². The van der Waals surface area contributed by atoms with Crippen LogP contribution in [0.1, 0.15) is 52.6 Å². The molecule has 1 aliphatic carbocycles. The first kappa shape index (κ1) is 19.5. The number of benzene rings is 2. The number of ketones is 2. The molecule has 0 saturated heterocycles. The lowest BCUT2D eigenvalue weighted by atomic mass is 10.1. The average Bonchev–Trinajstić information content (AvgIpc) is 2.85. The Balaban J connectivity index is 1.82. The summed E-state index contributed by atoms with van der Waals surface area (Å²) in [6, 6.07) is 14.8. The molecule has 0 amide bonds. The minimum Gasteiger partial charge on any atom is -0.413 e. The molecule has 3 rings (SSSR count). The Labute approximate surface area is 162 Å². The van der Waals surface area contributed by atoms with Gasteiger partial charge in [-0.05, 0) is 41.4 Å². The first-order chi connectivity index (χ1) is 12.6. The predicted molar refractivity (Wildman–Crippen MR) is 112 cm³/mol. The van der Waals surface area contributed by atoms with E-state index in [1.165, 1.54) is 0 Å². The molecule has 0 fully saturated rings. The molecule has 2 aromatic rings. The maximum atomic E-state index is 12.6. The number of carbonyl (C=O) groups is 2. The highest BCUT2D eigenvalue weighted by molar-refractivity contribution is 6.74. The zero-order chi connectivity index (χ0) is 19.8. The molecular formula is C23H26O3Si. The zero-order valence-electron chi connectivity index (χ0n) is 16.6. The van der Waals surface area contributed by atoms with Gasteiger partial charge in [0, 0.05) is 11.1 Å². The van der Waals surface area contributed by atoms with Crippen LogP contribution in [-0.4, -0.2) is 19.9 Å². The normalized spacial score (nSPS) is 14.5. The first-order valence-corrected chi connectivity index (χ1v) is 12.1. The van der Waals surface area contributed by atoms with E-state index in [1.807, 2.05) is 24.3 Å². The van der Waals surface area contributed by atoms with Gasteiger partial charge in [0.25, 0.3) is 0 Å². The lowest BCUT2D eigenvalue weighted by Crippen LogP contribution is -2.40. The van der Waals surface area contributed by atoms with E-state index in [1.54, 1.807) is 30.3 Å². The van der Waals surface area contributed by atoms with Gasteiger partial charge in [-0.1, -0.05) is 63.2 Å². The number of fused-ring (bicyclic) bond motifs is 1. The number of hydrogen-bond acceptors (Lipinski definition) is 3. The summed E-state index contributed by atoms with van der Waals surface area (Å²) < 4.78 is 6.28. The largest absolute Gasteiger partial charge is 0.413 e. The lowest BCUT2D eigenvalue weighted by molar-refractivity contribution is 0.0990. The van der Waals surface area contributed by atoms with Crippen molar-refractivity contribution in [3.05, 3.63) is 76.4 Å². The molecule has 1 aliphatic rings. The van der Waals surface area contributed by atoms with Gasteiger partial charge in [-0.3, -0.25) is 9.59 Å². The van der Waals surface area contributed by atoms with Crippen LogP contribution >= 0.6 is 0 Å². The number of rotatable bonds is 4. The molecule has 2 aromatic carbocycles. The van der Waals surface area contributed by atoms with Gasteiger partial charge in [-0.25, -0.2) is 0 Å². The summed E-state index contributed by atoms with van der Waals surface area (Å²) in [7, 11) is -1.83.